The van der Waals surface area contributed by atoms with E-state index in [2.05, 4.69) is 29.4 Å². The van der Waals surface area contributed by atoms with Crippen LogP contribution < -0.4 is 20.1 Å². The second-order valence-electron chi connectivity index (χ2n) is 7.66. The predicted molar refractivity (Wildman–Crippen MR) is 102 cm³/mol. The number of piperidine rings is 1. The van der Waals surface area contributed by atoms with Gasteiger partial charge in [0, 0.05) is 25.2 Å². The number of hydrogen-bond acceptors (Lipinski definition) is 5. The van der Waals surface area contributed by atoms with Gasteiger partial charge in [-0.2, -0.15) is 0 Å². The van der Waals surface area contributed by atoms with Gasteiger partial charge in [0.15, 0.2) is 11.5 Å². The van der Waals surface area contributed by atoms with Crippen molar-refractivity contribution in [3.8, 4) is 11.5 Å². The van der Waals surface area contributed by atoms with Crippen molar-refractivity contribution in [3.63, 3.8) is 0 Å². The molecular formula is C20H29N3O4. The van der Waals surface area contributed by atoms with Crippen molar-refractivity contribution in [1.82, 2.24) is 15.5 Å². The van der Waals surface area contributed by atoms with Crippen LogP contribution in [0.5, 0.6) is 11.5 Å². The van der Waals surface area contributed by atoms with Crippen LogP contribution in [0.25, 0.3) is 0 Å². The highest BCUT2D eigenvalue weighted by molar-refractivity contribution is 5.97. The van der Waals surface area contributed by atoms with Gasteiger partial charge in [-0.15, -0.1) is 0 Å². The molecule has 1 aromatic carbocycles. The molecule has 0 radical (unpaired) electrons. The minimum absolute atomic E-state index is 0.0366. The molecular weight excluding hydrogens is 346 g/mol. The van der Waals surface area contributed by atoms with Gasteiger partial charge in [0.2, 0.25) is 12.7 Å². The molecule has 2 N–H and O–H groups in total. The van der Waals surface area contributed by atoms with Gasteiger partial charge in [-0.1, -0.05) is 13.8 Å². The summed E-state index contributed by atoms with van der Waals surface area (Å²) < 4.78 is 10.5. The Bertz CT molecular complexity index is 669. The monoisotopic (exact) mass is 375 g/mol. The van der Waals surface area contributed by atoms with Crippen molar-refractivity contribution in [3.05, 3.63) is 23.8 Å². The van der Waals surface area contributed by atoms with Gasteiger partial charge >= 0.3 is 0 Å². The first-order chi connectivity index (χ1) is 13.0. The lowest BCUT2D eigenvalue weighted by atomic mass is 9.92. The van der Waals surface area contributed by atoms with E-state index in [0.717, 1.165) is 37.9 Å². The number of nitrogens with zero attached hydrogens (tertiary/aromatic N) is 1. The number of carbonyl (C=O) groups is 2. The highest BCUT2D eigenvalue weighted by Crippen LogP contribution is 2.32. The Morgan fingerprint density at radius 1 is 1.11 bits per heavy atom. The molecule has 2 aliphatic heterocycles. The van der Waals surface area contributed by atoms with Crippen LogP contribution in [-0.2, 0) is 4.79 Å². The van der Waals surface area contributed by atoms with Crippen LogP contribution in [0.15, 0.2) is 18.2 Å². The summed E-state index contributed by atoms with van der Waals surface area (Å²) in [5, 5.41) is 5.50. The maximum Gasteiger partial charge on any atom is 0.251 e. The van der Waals surface area contributed by atoms with Crippen molar-refractivity contribution in [2.45, 2.75) is 26.7 Å². The molecule has 1 aromatic rings. The van der Waals surface area contributed by atoms with E-state index in [1.807, 2.05) is 0 Å². The van der Waals surface area contributed by atoms with Gasteiger partial charge < -0.3 is 25.0 Å². The zero-order chi connectivity index (χ0) is 19.2. The molecule has 7 nitrogen and oxygen atoms in total. The quantitative estimate of drug-likeness (QED) is 0.708. The van der Waals surface area contributed by atoms with Gasteiger partial charge in [-0.3, -0.25) is 9.59 Å². The number of ether oxygens (including phenoxy) is 2. The summed E-state index contributed by atoms with van der Waals surface area (Å²) in [4.78, 5) is 26.6. The smallest absolute Gasteiger partial charge is 0.251 e. The van der Waals surface area contributed by atoms with Crippen LogP contribution in [0.3, 0.4) is 0 Å². The topological polar surface area (TPSA) is 79.9 Å². The summed E-state index contributed by atoms with van der Waals surface area (Å²) >= 11 is 0. The van der Waals surface area contributed by atoms with E-state index in [1.165, 1.54) is 6.42 Å². The number of nitrogens with one attached hydrogen (secondary N) is 2. The summed E-state index contributed by atoms with van der Waals surface area (Å²) in [7, 11) is 0. The molecule has 2 atom stereocenters. The fourth-order valence-electron chi connectivity index (χ4n) is 3.87. The third-order valence-electron chi connectivity index (χ3n) is 4.96. The first kappa shape index (κ1) is 19.5. The lowest BCUT2D eigenvalue weighted by molar-refractivity contribution is -0.120. The summed E-state index contributed by atoms with van der Waals surface area (Å²) in [5.41, 5.74) is 0.445. The predicted octanol–water partition coefficient (Wildman–Crippen LogP) is 1.63. The second-order valence-corrected chi connectivity index (χ2v) is 7.66. The minimum Gasteiger partial charge on any atom is -0.454 e. The Hall–Kier alpha value is -2.28. The molecule has 2 amide bonds. The van der Waals surface area contributed by atoms with Crippen LogP contribution in [0, 0.1) is 11.8 Å². The van der Waals surface area contributed by atoms with E-state index in [1.54, 1.807) is 18.2 Å². The van der Waals surface area contributed by atoms with Gasteiger partial charge in [-0.05, 0) is 49.4 Å². The molecule has 27 heavy (non-hydrogen) atoms. The highest BCUT2D eigenvalue weighted by Gasteiger charge is 2.21. The van der Waals surface area contributed by atoms with E-state index >= 15 is 0 Å². The Labute approximate surface area is 160 Å². The number of fused-ring (bicyclic) bond motifs is 1. The van der Waals surface area contributed by atoms with Crippen LogP contribution in [-0.4, -0.2) is 56.2 Å². The Morgan fingerprint density at radius 3 is 2.63 bits per heavy atom. The average molecular weight is 375 g/mol. The van der Waals surface area contributed by atoms with Crippen LogP contribution in [0.2, 0.25) is 0 Å². The molecule has 2 unspecified atom stereocenters. The van der Waals surface area contributed by atoms with Crippen LogP contribution in [0.1, 0.15) is 37.0 Å². The lowest BCUT2D eigenvalue weighted by Gasteiger charge is -2.34. The third-order valence-corrected chi connectivity index (χ3v) is 4.96. The molecule has 148 valence electrons. The van der Waals surface area contributed by atoms with Gasteiger partial charge in [-0.25, -0.2) is 0 Å². The molecule has 0 aromatic heterocycles. The molecule has 3 rings (SSSR count). The summed E-state index contributed by atoms with van der Waals surface area (Å²) in [6, 6.07) is 4.97. The zero-order valence-corrected chi connectivity index (χ0v) is 16.1. The summed E-state index contributed by atoms with van der Waals surface area (Å²) in [5.74, 6) is 2.18. The Balaban J connectivity index is 1.32. The molecule has 0 spiro atoms. The van der Waals surface area contributed by atoms with E-state index in [9.17, 15) is 9.59 Å². The molecule has 0 aliphatic carbocycles. The average Bonchev–Trinajstić information content (AvgIpc) is 3.10. The lowest BCUT2D eigenvalue weighted by Crippen LogP contribution is -2.41. The summed E-state index contributed by atoms with van der Waals surface area (Å²) in [6.07, 6.45) is 2.22. The van der Waals surface area contributed by atoms with Crippen LogP contribution >= 0.6 is 0 Å². The van der Waals surface area contributed by atoms with Crippen molar-refractivity contribution in [1.29, 1.82) is 0 Å². The Morgan fingerprint density at radius 2 is 1.85 bits per heavy atom. The SMILES string of the molecule is CC1CC(C)CN(CCCNC(=O)CNC(=O)c2ccc3c(c2)OCO3)C1. The van der Waals surface area contributed by atoms with Crippen molar-refractivity contribution < 1.29 is 19.1 Å². The second kappa shape index (κ2) is 9.08. The number of rotatable bonds is 7. The third kappa shape index (κ3) is 5.60. The minimum atomic E-state index is -0.306. The number of carbonyl (C=O) groups excluding carboxylic acids is 2. The standard InChI is InChI=1S/C20H29N3O4/c1-14-8-15(2)12-23(11-14)7-3-6-21-19(24)10-22-20(25)16-4-5-17-18(9-16)27-13-26-17/h4-5,9,14-15H,3,6-8,10-13H2,1-2H3,(H,21,24)(H,22,25). The number of likely N-dealkylation sites (tertiary alicyclic amines) is 1. The molecule has 1 fully saturated rings. The number of benzene rings is 1. The van der Waals surface area contributed by atoms with Crippen molar-refractivity contribution in [2.75, 3.05) is 39.5 Å². The fourth-order valence-corrected chi connectivity index (χ4v) is 3.87. The van der Waals surface area contributed by atoms with E-state index in [4.69, 9.17) is 9.47 Å². The maximum absolute atomic E-state index is 12.2. The molecule has 2 aliphatic rings. The Kier molecular flexibility index (Phi) is 6.55. The number of hydrogen-bond donors (Lipinski definition) is 2. The largest absolute Gasteiger partial charge is 0.454 e. The first-order valence-electron chi connectivity index (χ1n) is 9.68. The fraction of sp³-hybridized carbons (Fsp3) is 0.600. The van der Waals surface area contributed by atoms with Crippen molar-refractivity contribution >= 4 is 11.8 Å². The van der Waals surface area contributed by atoms with Crippen molar-refractivity contribution in [2.24, 2.45) is 11.8 Å². The van der Waals surface area contributed by atoms with E-state index < -0.39 is 0 Å². The highest BCUT2D eigenvalue weighted by atomic mass is 16.7. The van der Waals surface area contributed by atoms with Gasteiger partial charge in [0.05, 0.1) is 6.54 Å². The molecule has 1 saturated heterocycles. The molecule has 2 heterocycles. The van der Waals surface area contributed by atoms with Gasteiger partial charge in [0.25, 0.3) is 5.91 Å². The number of amides is 2. The molecule has 7 heteroatoms. The molecule has 0 saturated carbocycles. The van der Waals surface area contributed by atoms with Gasteiger partial charge in [0.1, 0.15) is 0 Å². The first-order valence-corrected chi connectivity index (χ1v) is 9.68. The van der Waals surface area contributed by atoms with E-state index in [-0.39, 0.29) is 25.2 Å². The molecule has 0 bridgehead atoms. The summed E-state index contributed by atoms with van der Waals surface area (Å²) in [6.45, 7) is 8.63. The normalized spacial score (nSPS) is 21.7. The van der Waals surface area contributed by atoms with Crippen LogP contribution in [0.4, 0.5) is 0 Å². The van der Waals surface area contributed by atoms with E-state index in [0.29, 0.717) is 23.6 Å². The maximum atomic E-state index is 12.2. The zero-order valence-electron chi connectivity index (χ0n) is 16.1.